The number of carbonyl (C=O) groups is 1. The molecule has 0 bridgehead atoms. The van der Waals surface area contributed by atoms with E-state index in [4.69, 9.17) is 5.73 Å². The normalized spacial score (nSPS) is 14.3. The fourth-order valence-corrected chi connectivity index (χ4v) is 3.73. The van der Waals surface area contributed by atoms with Gasteiger partial charge in [0.05, 0.1) is 10.9 Å². The van der Waals surface area contributed by atoms with Crippen molar-refractivity contribution in [3.8, 4) is 0 Å². The number of amides is 1. The minimum absolute atomic E-state index is 0.138. The van der Waals surface area contributed by atoms with Crippen LogP contribution in [0.1, 0.15) is 47.1 Å². The molecule has 0 saturated carbocycles. The second-order valence-corrected chi connectivity index (χ2v) is 9.82. The third kappa shape index (κ3) is 5.58. The van der Waals surface area contributed by atoms with Gasteiger partial charge in [-0.25, -0.2) is 13.1 Å². The van der Waals surface area contributed by atoms with Crippen molar-refractivity contribution >= 4 is 21.6 Å². The number of hydrogen-bond donors (Lipinski definition) is 3. The van der Waals surface area contributed by atoms with Crippen LogP contribution in [0.3, 0.4) is 0 Å². The molecule has 0 saturated heterocycles. The van der Waals surface area contributed by atoms with Crippen molar-refractivity contribution in [3.63, 3.8) is 0 Å². The van der Waals surface area contributed by atoms with E-state index in [1.54, 1.807) is 39.8 Å². The quantitative estimate of drug-likeness (QED) is 0.772. The highest BCUT2D eigenvalue weighted by molar-refractivity contribution is 7.89. The molecule has 0 aromatic heterocycles. The molecule has 0 unspecified atom stereocenters. The fourth-order valence-electron chi connectivity index (χ4n) is 2.04. The predicted molar refractivity (Wildman–Crippen MR) is 97.3 cm³/mol. The molecule has 1 amide bonds. The van der Waals surface area contributed by atoms with Crippen LogP contribution in [-0.4, -0.2) is 25.9 Å². The van der Waals surface area contributed by atoms with Gasteiger partial charge in [0, 0.05) is 11.2 Å². The topological polar surface area (TPSA) is 101 Å². The Bertz CT molecular complexity index is 714. The smallest absolute Gasteiger partial charge is 0.241 e. The van der Waals surface area contributed by atoms with Crippen LogP contribution in [-0.2, 0) is 14.8 Å². The van der Waals surface area contributed by atoms with Crippen LogP contribution in [0, 0.1) is 12.3 Å². The van der Waals surface area contributed by atoms with E-state index in [1.165, 1.54) is 6.07 Å². The lowest BCUT2D eigenvalue weighted by molar-refractivity contribution is -0.119. The first-order chi connectivity index (χ1) is 10.6. The third-order valence-electron chi connectivity index (χ3n) is 3.40. The zero-order chi connectivity index (χ0) is 18.9. The van der Waals surface area contributed by atoms with Gasteiger partial charge in [-0.05, 0) is 50.8 Å². The summed E-state index contributed by atoms with van der Waals surface area (Å²) in [7, 11) is -3.69. The monoisotopic (exact) mass is 355 g/mol. The summed E-state index contributed by atoms with van der Waals surface area (Å²) >= 11 is 0. The van der Waals surface area contributed by atoms with Crippen LogP contribution in [0.2, 0.25) is 0 Å². The molecular weight excluding hydrogens is 326 g/mol. The van der Waals surface area contributed by atoms with Crippen LogP contribution in [0.15, 0.2) is 23.1 Å². The molecule has 6 nitrogen and oxygen atoms in total. The largest absolute Gasteiger partial charge is 0.325 e. The Labute approximate surface area is 145 Å². The van der Waals surface area contributed by atoms with E-state index in [0.717, 1.165) is 0 Å². The van der Waals surface area contributed by atoms with Crippen molar-refractivity contribution in [2.24, 2.45) is 11.1 Å². The summed E-state index contributed by atoms with van der Waals surface area (Å²) in [5.74, 6) is -0.349. The number of rotatable bonds is 4. The number of hydrogen-bond acceptors (Lipinski definition) is 4. The minimum atomic E-state index is -3.69. The minimum Gasteiger partial charge on any atom is -0.325 e. The van der Waals surface area contributed by atoms with Crippen LogP contribution in [0.5, 0.6) is 0 Å². The molecule has 1 aromatic rings. The highest BCUT2D eigenvalue weighted by Gasteiger charge is 2.28. The zero-order valence-electron chi connectivity index (χ0n) is 15.5. The summed E-state index contributed by atoms with van der Waals surface area (Å²) < 4.78 is 27.7. The molecule has 0 aliphatic rings. The summed E-state index contributed by atoms with van der Waals surface area (Å²) in [6, 6.07) is 4.08. The standard InChI is InChI=1S/C17H29N3O3S/c1-11-8-9-12(19-15(21)14(18)16(2,3)4)10-13(11)24(22,23)20-17(5,6)7/h8-10,14,20H,18H2,1-7H3,(H,19,21)/t14-/m1/s1. The Hall–Kier alpha value is -1.44. The second-order valence-electron chi connectivity index (χ2n) is 8.17. The molecule has 7 heteroatoms. The van der Waals surface area contributed by atoms with Gasteiger partial charge in [0.15, 0.2) is 0 Å². The van der Waals surface area contributed by atoms with Gasteiger partial charge >= 0.3 is 0 Å². The average molecular weight is 356 g/mol. The van der Waals surface area contributed by atoms with Crippen molar-refractivity contribution in [3.05, 3.63) is 23.8 Å². The van der Waals surface area contributed by atoms with E-state index in [0.29, 0.717) is 11.3 Å². The number of nitrogens with one attached hydrogen (secondary N) is 2. The van der Waals surface area contributed by atoms with Crippen LogP contribution < -0.4 is 15.8 Å². The third-order valence-corrected chi connectivity index (χ3v) is 5.30. The van der Waals surface area contributed by atoms with Crippen LogP contribution in [0.25, 0.3) is 0 Å². The Morgan fingerprint density at radius 3 is 2.12 bits per heavy atom. The van der Waals surface area contributed by atoms with E-state index in [-0.39, 0.29) is 10.8 Å². The summed E-state index contributed by atoms with van der Waals surface area (Å²) in [5, 5.41) is 2.69. The van der Waals surface area contributed by atoms with Crippen LogP contribution in [0.4, 0.5) is 5.69 Å². The first-order valence-corrected chi connectivity index (χ1v) is 9.33. The maximum absolute atomic E-state index is 12.6. The lowest BCUT2D eigenvalue weighted by atomic mass is 9.87. The van der Waals surface area contributed by atoms with Gasteiger partial charge in [-0.3, -0.25) is 4.79 Å². The molecule has 4 N–H and O–H groups in total. The number of benzene rings is 1. The zero-order valence-corrected chi connectivity index (χ0v) is 16.3. The lowest BCUT2D eigenvalue weighted by Gasteiger charge is -2.26. The van der Waals surface area contributed by atoms with Crippen molar-refractivity contribution in [2.75, 3.05) is 5.32 Å². The highest BCUT2D eigenvalue weighted by Crippen LogP contribution is 2.23. The summed E-state index contributed by atoms with van der Waals surface area (Å²) in [6.07, 6.45) is 0. The Morgan fingerprint density at radius 2 is 1.67 bits per heavy atom. The number of nitrogens with two attached hydrogens (primary N) is 1. The lowest BCUT2D eigenvalue weighted by Crippen LogP contribution is -2.45. The van der Waals surface area contributed by atoms with Gasteiger partial charge in [-0.15, -0.1) is 0 Å². The molecule has 24 heavy (non-hydrogen) atoms. The Kier molecular flexibility index (Phi) is 5.85. The molecule has 136 valence electrons. The summed E-state index contributed by atoms with van der Waals surface area (Å²) in [5.41, 5.74) is 5.95. The van der Waals surface area contributed by atoms with Gasteiger partial charge in [0.1, 0.15) is 0 Å². The van der Waals surface area contributed by atoms with E-state index in [9.17, 15) is 13.2 Å². The van der Waals surface area contributed by atoms with Crippen molar-refractivity contribution in [1.29, 1.82) is 0 Å². The van der Waals surface area contributed by atoms with Gasteiger partial charge in [-0.2, -0.15) is 0 Å². The molecule has 1 rings (SSSR count). The van der Waals surface area contributed by atoms with Crippen molar-refractivity contribution in [1.82, 2.24) is 4.72 Å². The van der Waals surface area contributed by atoms with Crippen molar-refractivity contribution in [2.45, 2.75) is 64.9 Å². The molecule has 0 radical (unpaired) electrons. The number of anilines is 1. The Morgan fingerprint density at radius 1 is 1.12 bits per heavy atom. The predicted octanol–water partition coefficient (Wildman–Crippen LogP) is 2.38. The first kappa shape index (κ1) is 20.6. The van der Waals surface area contributed by atoms with E-state index < -0.39 is 27.0 Å². The number of sulfonamides is 1. The highest BCUT2D eigenvalue weighted by atomic mass is 32.2. The molecule has 0 fully saturated rings. The maximum Gasteiger partial charge on any atom is 0.241 e. The van der Waals surface area contributed by atoms with E-state index in [2.05, 4.69) is 10.0 Å². The van der Waals surface area contributed by atoms with Gasteiger partial charge < -0.3 is 11.1 Å². The molecule has 1 atom stereocenters. The second kappa shape index (κ2) is 6.82. The Balaban J connectivity index is 3.13. The fraction of sp³-hybridized carbons (Fsp3) is 0.588. The van der Waals surface area contributed by atoms with Crippen LogP contribution >= 0.6 is 0 Å². The molecule has 0 aliphatic carbocycles. The van der Waals surface area contributed by atoms with Gasteiger partial charge in [0.25, 0.3) is 0 Å². The summed E-state index contributed by atoms with van der Waals surface area (Å²) in [6.45, 7) is 12.6. The maximum atomic E-state index is 12.6. The average Bonchev–Trinajstić information content (AvgIpc) is 2.35. The molecular formula is C17H29N3O3S. The van der Waals surface area contributed by atoms with E-state index >= 15 is 0 Å². The molecule has 1 aromatic carbocycles. The SMILES string of the molecule is Cc1ccc(NC(=O)[C@@H](N)C(C)(C)C)cc1S(=O)(=O)NC(C)(C)C. The first-order valence-electron chi connectivity index (χ1n) is 7.84. The molecule has 0 aliphatic heterocycles. The van der Waals surface area contributed by atoms with Gasteiger partial charge in [-0.1, -0.05) is 26.8 Å². The molecule has 0 spiro atoms. The summed E-state index contributed by atoms with van der Waals surface area (Å²) in [4.78, 5) is 12.4. The van der Waals surface area contributed by atoms with Crippen molar-refractivity contribution < 1.29 is 13.2 Å². The van der Waals surface area contributed by atoms with Gasteiger partial charge in [0.2, 0.25) is 15.9 Å². The molecule has 0 heterocycles. The number of carbonyl (C=O) groups excluding carboxylic acids is 1. The van der Waals surface area contributed by atoms with E-state index in [1.807, 2.05) is 20.8 Å². The number of aryl methyl sites for hydroxylation is 1.